The van der Waals surface area contributed by atoms with E-state index in [0.29, 0.717) is 5.92 Å². The summed E-state index contributed by atoms with van der Waals surface area (Å²) in [6.07, 6.45) is 1.92. The molecule has 0 N–H and O–H groups in total. The molecule has 0 atom stereocenters. The summed E-state index contributed by atoms with van der Waals surface area (Å²) in [7, 11) is 0. The maximum atomic E-state index is 12.6. The summed E-state index contributed by atoms with van der Waals surface area (Å²) in [5, 5.41) is 0. The van der Waals surface area contributed by atoms with E-state index in [1.165, 1.54) is 44.2 Å². The average Bonchev–Trinajstić information content (AvgIpc) is 2.39. The Hall–Kier alpha value is -0.990. The van der Waals surface area contributed by atoms with Gasteiger partial charge in [-0.05, 0) is 41.9 Å². The fourth-order valence-corrected chi connectivity index (χ4v) is 3.15. The molecular weight excluding hydrogens is 249 g/mol. The van der Waals surface area contributed by atoms with E-state index in [4.69, 9.17) is 0 Å². The van der Waals surface area contributed by atoms with Gasteiger partial charge in [-0.1, -0.05) is 45.2 Å². The van der Waals surface area contributed by atoms with Gasteiger partial charge in [-0.15, -0.1) is 0 Å². The van der Waals surface area contributed by atoms with Gasteiger partial charge in [-0.25, -0.2) is 0 Å². The van der Waals surface area contributed by atoms with Crippen molar-refractivity contribution in [3.8, 4) is 0 Å². The van der Waals surface area contributed by atoms with Crippen molar-refractivity contribution in [3.05, 3.63) is 35.4 Å². The van der Waals surface area contributed by atoms with Crippen LogP contribution in [-0.2, 0) is 11.6 Å². The van der Waals surface area contributed by atoms with Crippen molar-refractivity contribution in [1.29, 1.82) is 0 Å². The Morgan fingerprint density at radius 3 is 1.79 bits per heavy atom. The van der Waals surface area contributed by atoms with E-state index >= 15 is 0 Å². The van der Waals surface area contributed by atoms with Gasteiger partial charge in [0.15, 0.2) is 0 Å². The van der Waals surface area contributed by atoms with Crippen LogP contribution in [-0.4, -0.2) is 0 Å². The Morgan fingerprint density at radius 2 is 1.32 bits per heavy atom. The summed E-state index contributed by atoms with van der Waals surface area (Å²) in [5.74, 6) is 0.581. The lowest BCUT2D eigenvalue weighted by molar-refractivity contribution is -0.137. The van der Waals surface area contributed by atoms with Crippen molar-refractivity contribution < 1.29 is 13.2 Å². The molecule has 0 unspecified atom stereocenters. The zero-order valence-electron chi connectivity index (χ0n) is 11.6. The molecule has 2 rings (SSSR count). The third-order valence-corrected chi connectivity index (χ3v) is 4.58. The van der Waals surface area contributed by atoms with E-state index in [2.05, 4.69) is 13.8 Å². The van der Waals surface area contributed by atoms with Gasteiger partial charge in [-0.2, -0.15) is 13.2 Å². The van der Waals surface area contributed by atoms with Gasteiger partial charge < -0.3 is 0 Å². The lowest BCUT2D eigenvalue weighted by Gasteiger charge is -2.37. The number of benzene rings is 1. The predicted octanol–water partition coefficient (Wildman–Crippen LogP) is 5.56. The first-order valence-electron chi connectivity index (χ1n) is 6.99. The highest BCUT2D eigenvalue weighted by Gasteiger charge is 2.34. The highest BCUT2D eigenvalue weighted by Crippen LogP contribution is 2.41. The van der Waals surface area contributed by atoms with Crippen molar-refractivity contribution in [1.82, 2.24) is 0 Å². The molecule has 0 heterocycles. The van der Waals surface area contributed by atoms with Crippen molar-refractivity contribution in [2.75, 3.05) is 0 Å². The second kappa shape index (κ2) is 5.18. The van der Waals surface area contributed by atoms with Crippen molar-refractivity contribution in [2.45, 2.75) is 57.5 Å². The lowest BCUT2D eigenvalue weighted by atomic mass is 9.67. The smallest absolute Gasteiger partial charge is 0.166 e. The molecule has 0 saturated heterocycles. The molecule has 0 aromatic heterocycles. The van der Waals surface area contributed by atoms with E-state index in [9.17, 15) is 13.2 Å². The molecule has 0 bridgehead atoms. The zero-order chi connectivity index (χ0) is 14.1. The van der Waals surface area contributed by atoms with Crippen LogP contribution >= 0.6 is 0 Å². The highest BCUT2D eigenvalue weighted by molar-refractivity contribution is 5.30. The Bertz CT molecular complexity index is 409. The normalized spacial score (nSPS) is 18.6. The maximum absolute atomic E-state index is 12.6. The Labute approximate surface area is 113 Å². The standard InChI is InChI=1S/C16H21F3/c1-15(2,12-6-4-3-5-7-12)13-8-10-14(11-9-13)16(17,18)19/h8-12H,3-7H2,1-2H3. The van der Waals surface area contributed by atoms with Crippen LogP contribution in [0.3, 0.4) is 0 Å². The molecule has 0 amide bonds. The van der Waals surface area contributed by atoms with Crippen molar-refractivity contribution in [2.24, 2.45) is 5.92 Å². The monoisotopic (exact) mass is 270 g/mol. The summed E-state index contributed by atoms with van der Waals surface area (Å²) in [6, 6.07) is 5.72. The number of hydrogen-bond acceptors (Lipinski definition) is 0. The van der Waals surface area contributed by atoms with Crippen LogP contribution in [0.25, 0.3) is 0 Å². The van der Waals surface area contributed by atoms with Gasteiger partial charge in [0.1, 0.15) is 0 Å². The molecule has 1 aliphatic carbocycles. The number of halogens is 3. The summed E-state index contributed by atoms with van der Waals surface area (Å²) >= 11 is 0. The third kappa shape index (κ3) is 3.13. The SMILES string of the molecule is CC(C)(c1ccc(C(F)(F)F)cc1)C1CCCCC1. The van der Waals surface area contributed by atoms with Crippen LogP contribution in [0.1, 0.15) is 57.1 Å². The third-order valence-electron chi connectivity index (χ3n) is 4.58. The Kier molecular flexibility index (Phi) is 3.93. The van der Waals surface area contributed by atoms with Crippen LogP contribution in [0.5, 0.6) is 0 Å². The van der Waals surface area contributed by atoms with Gasteiger partial charge in [-0.3, -0.25) is 0 Å². The van der Waals surface area contributed by atoms with E-state index in [0.717, 1.165) is 5.56 Å². The first-order chi connectivity index (χ1) is 8.82. The second-order valence-electron chi connectivity index (χ2n) is 6.13. The minimum atomic E-state index is -4.24. The average molecular weight is 270 g/mol. The van der Waals surface area contributed by atoms with Gasteiger partial charge in [0.25, 0.3) is 0 Å². The fraction of sp³-hybridized carbons (Fsp3) is 0.625. The molecule has 3 heteroatoms. The van der Waals surface area contributed by atoms with Crippen LogP contribution < -0.4 is 0 Å². The van der Waals surface area contributed by atoms with Crippen LogP contribution in [0, 0.1) is 5.92 Å². The van der Waals surface area contributed by atoms with Gasteiger partial charge in [0.05, 0.1) is 5.56 Å². The summed E-state index contributed by atoms with van der Waals surface area (Å²) in [5.41, 5.74) is 0.424. The maximum Gasteiger partial charge on any atom is 0.416 e. The molecule has 0 spiro atoms. The summed E-state index contributed by atoms with van der Waals surface area (Å²) in [6.45, 7) is 4.32. The summed E-state index contributed by atoms with van der Waals surface area (Å²) < 4.78 is 37.7. The minimum absolute atomic E-state index is 0.0372. The number of rotatable bonds is 2. The molecule has 0 aliphatic heterocycles. The van der Waals surface area contributed by atoms with E-state index in [1.807, 2.05) is 0 Å². The molecule has 1 aliphatic rings. The van der Waals surface area contributed by atoms with Crippen molar-refractivity contribution in [3.63, 3.8) is 0 Å². The first kappa shape index (κ1) is 14.4. The van der Waals surface area contributed by atoms with E-state index in [-0.39, 0.29) is 5.41 Å². The topological polar surface area (TPSA) is 0 Å². The molecule has 1 fully saturated rings. The second-order valence-corrected chi connectivity index (χ2v) is 6.13. The molecule has 19 heavy (non-hydrogen) atoms. The summed E-state index contributed by atoms with van der Waals surface area (Å²) in [4.78, 5) is 0. The van der Waals surface area contributed by atoms with Crippen LogP contribution in [0.15, 0.2) is 24.3 Å². The molecule has 1 aromatic carbocycles. The molecule has 0 nitrogen and oxygen atoms in total. The van der Waals surface area contributed by atoms with Gasteiger partial charge in [0.2, 0.25) is 0 Å². The lowest BCUT2D eigenvalue weighted by Crippen LogP contribution is -2.30. The largest absolute Gasteiger partial charge is 0.416 e. The van der Waals surface area contributed by atoms with E-state index < -0.39 is 11.7 Å². The highest BCUT2D eigenvalue weighted by atomic mass is 19.4. The molecule has 1 aromatic rings. The van der Waals surface area contributed by atoms with Gasteiger partial charge in [0, 0.05) is 0 Å². The van der Waals surface area contributed by atoms with Crippen LogP contribution in [0.4, 0.5) is 13.2 Å². The first-order valence-corrected chi connectivity index (χ1v) is 6.99. The molecule has 0 radical (unpaired) electrons. The number of alkyl halides is 3. The number of hydrogen-bond donors (Lipinski definition) is 0. The molecule has 106 valence electrons. The van der Waals surface area contributed by atoms with Crippen molar-refractivity contribution >= 4 is 0 Å². The Balaban J connectivity index is 2.20. The minimum Gasteiger partial charge on any atom is -0.166 e. The Morgan fingerprint density at radius 1 is 0.842 bits per heavy atom. The quantitative estimate of drug-likeness (QED) is 0.659. The molecule has 1 saturated carbocycles. The molecular formula is C16H21F3. The fourth-order valence-electron chi connectivity index (χ4n) is 3.15. The van der Waals surface area contributed by atoms with Crippen LogP contribution in [0.2, 0.25) is 0 Å². The van der Waals surface area contributed by atoms with Gasteiger partial charge >= 0.3 is 6.18 Å². The predicted molar refractivity (Wildman–Crippen MR) is 71.0 cm³/mol. The zero-order valence-corrected chi connectivity index (χ0v) is 11.6. The van der Waals surface area contributed by atoms with E-state index in [1.54, 1.807) is 12.1 Å².